The fourth-order valence-corrected chi connectivity index (χ4v) is 2.11. The molecule has 0 unspecified atom stereocenters. The van der Waals surface area contributed by atoms with E-state index in [1.807, 2.05) is 24.3 Å². The van der Waals surface area contributed by atoms with E-state index in [0.717, 1.165) is 0 Å². The zero-order valence-electron chi connectivity index (χ0n) is 12.4. The highest BCUT2D eigenvalue weighted by atomic mass is 35.5. The molecule has 0 bridgehead atoms. The lowest BCUT2D eigenvalue weighted by Crippen LogP contribution is -1.97. The third-order valence-electron chi connectivity index (χ3n) is 3.27. The zero-order chi connectivity index (χ0) is 16.1. The number of rotatable bonds is 5. The molecule has 2 aromatic rings. The van der Waals surface area contributed by atoms with Gasteiger partial charge in [0.05, 0.1) is 5.02 Å². The van der Waals surface area contributed by atoms with Crippen LogP contribution in [0.1, 0.15) is 35.7 Å². The summed E-state index contributed by atoms with van der Waals surface area (Å²) in [6.07, 6.45) is 2.95. The zero-order valence-corrected chi connectivity index (χ0v) is 13.2. The molecule has 114 valence electrons. The quantitative estimate of drug-likeness (QED) is 0.590. The van der Waals surface area contributed by atoms with E-state index in [1.54, 1.807) is 6.07 Å². The number of carbonyl (C=O) groups excluding carboxylic acids is 1. The number of carbonyl (C=O) groups is 1. The molecule has 2 nitrogen and oxygen atoms in total. The summed E-state index contributed by atoms with van der Waals surface area (Å²) in [5.41, 5.74) is 2.44. The molecule has 0 aromatic heterocycles. The number of ketones is 1. The van der Waals surface area contributed by atoms with Crippen molar-refractivity contribution in [3.8, 4) is 0 Å². The summed E-state index contributed by atoms with van der Waals surface area (Å²) in [5, 5.41) is 2.93. The van der Waals surface area contributed by atoms with Crippen LogP contribution in [-0.2, 0) is 0 Å². The van der Waals surface area contributed by atoms with Crippen molar-refractivity contribution in [1.82, 2.24) is 0 Å². The molecule has 0 atom stereocenters. The molecule has 0 spiro atoms. The van der Waals surface area contributed by atoms with E-state index in [9.17, 15) is 9.18 Å². The molecular weight excluding hydrogens is 301 g/mol. The average Bonchev–Trinajstić information content (AvgIpc) is 2.51. The Morgan fingerprint density at radius 2 is 1.86 bits per heavy atom. The van der Waals surface area contributed by atoms with Crippen LogP contribution < -0.4 is 5.32 Å². The Kier molecular flexibility index (Phi) is 5.34. The second kappa shape index (κ2) is 7.23. The summed E-state index contributed by atoms with van der Waals surface area (Å²) < 4.78 is 13.0. The van der Waals surface area contributed by atoms with Crippen molar-refractivity contribution in [2.45, 2.75) is 19.8 Å². The minimum absolute atomic E-state index is 0.0361. The molecule has 0 fully saturated rings. The normalized spacial score (nSPS) is 11.1. The van der Waals surface area contributed by atoms with Crippen LogP contribution in [0.25, 0.3) is 0 Å². The van der Waals surface area contributed by atoms with Crippen molar-refractivity contribution in [3.05, 3.63) is 76.7 Å². The number of nitrogens with one attached hydrogen (secondary N) is 1. The maximum absolute atomic E-state index is 13.0. The monoisotopic (exact) mass is 317 g/mol. The molecule has 0 saturated heterocycles. The molecule has 2 rings (SSSR count). The third-order valence-corrected chi connectivity index (χ3v) is 3.56. The molecule has 0 amide bonds. The minimum Gasteiger partial charge on any atom is -0.361 e. The minimum atomic E-state index is -0.475. The summed E-state index contributed by atoms with van der Waals surface area (Å²) in [4.78, 5) is 12.0. The van der Waals surface area contributed by atoms with Gasteiger partial charge in [-0.15, -0.1) is 0 Å². The van der Waals surface area contributed by atoms with Crippen molar-refractivity contribution < 1.29 is 9.18 Å². The Morgan fingerprint density at radius 1 is 1.18 bits per heavy atom. The van der Waals surface area contributed by atoms with E-state index in [2.05, 4.69) is 19.2 Å². The molecule has 2 aromatic carbocycles. The van der Waals surface area contributed by atoms with E-state index in [-0.39, 0.29) is 10.8 Å². The summed E-state index contributed by atoms with van der Waals surface area (Å²) >= 11 is 5.69. The van der Waals surface area contributed by atoms with E-state index in [4.69, 9.17) is 11.6 Å². The molecule has 0 saturated carbocycles. The van der Waals surface area contributed by atoms with Crippen LogP contribution in [0.15, 0.2) is 54.7 Å². The highest BCUT2D eigenvalue weighted by molar-refractivity contribution is 6.31. The fraction of sp³-hybridized carbons (Fsp3) is 0.167. The standard InChI is InChI=1S/C18H17ClFNO/c1-12(2)13-3-5-14(6-4-13)18(22)9-10-21-15-7-8-17(20)16(19)11-15/h3-12,21H,1-2H3. The molecule has 0 radical (unpaired) electrons. The van der Waals surface area contributed by atoms with Gasteiger partial charge in [-0.25, -0.2) is 4.39 Å². The van der Waals surface area contributed by atoms with E-state index < -0.39 is 5.82 Å². The van der Waals surface area contributed by atoms with Gasteiger partial charge in [-0.2, -0.15) is 0 Å². The van der Waals surface area contributed by atoms with Crippen LogP contribution in [0.4, 0.5) is 10.1 Å². The second-order valence-electron chi connectivity index (χ2n) is 5.25. The van der Waals surface area contributed by atoms with Crippen LogP contribution in [-0.4, -0.2) is 5.78 Å². The molecule has 22 heavy (non-hydrogen) atoms. The first-order valence-electron chi connectivity index (χ1n) is 7.00. The Labute approximate surface area is 134 Å². The maximum Gasteiger partial charge on any atom is 0.187 e. The molecule has 0 aliphatic heterocycles. The van der Waals surface area contributed by atoms with E-state index >= 15 is 0 Å². The number of halogens is 2. The van der Waals surface area contributed by atoms with Gasteiger partial charge in [0.25, 0.3) is 0 Å². The second-order valence-corrected chi connectivity index (χ2v) is 5.65. The van der Waals surface area contributed by atoms with Crippen molar-refractivity contribution in [3.63, 3.8) is 0 Å². The van der Waals surface area contributed by atoms with Gasteiger partial charge in [-0.1, -0.05) is 49.7 Å². The predicted octanol–water partition coefficient (Wildman–Crippen LogP) is 5.41. The molecule has 4 heteroatoms. The van der Waals surface area contributed by atoms with E-state index in [0.29, 0.717) is 17.2 Å². The lowest BCUT2D eigenvalue weighted by Gasteiger charge is -2.05. The van der Waals surface area contributed by atoms with Crippen LogP contribution in [0.2, 0.25) is 5.02 Å². The van der Waals surface area contributed by atoms with Gasteiger partial charge in [0, 0.05) is 23.5 Å². The molecular formula is C18H17ClFNO. The smallest absolute Gasteiger partial charge is 0.187 e. The predicted molar refractivity (Wildman–Crippen MR) is 89.0 cm³/mol. The van der Waals surface area contributed by atoms with Crippen molar-refractivity contribution in [2.75, 3.05) is 5.32 Å². The van der Waals surface area contributed by atoms with Gasteiger partial charge in [0.2, 0.25) is 0 Å². The number of anilines is 1. The van der Waals surface area contributed by atoms with Crippen LogP contribution in [0.5, 0.6) is 0 Å². The highest BCUT2D eigenvalue weighted by Gasteiger charge is 2.04. The van der Waals surface area contributed by atoms with Crippen LogP contribution in [0.3, 0.4) is 0 Å². The summed E-state index contributed by atoms with van der Waals surface area (Å²) in [7, 11) is 0. The Balaban J connectivity index is 2.00. The van der Waals surface area contributed by atoms with Gasteiger partial charge in [-0.05, 0) is 29.7 Å². The molecule has 0 aliphatic carbocycles. The number of hydrogen-bond donors (Lipinski definition) is 1. The lowest BCUT2D eigenvalue weighted by atomic mass is 10.0. The SMILES string of the molecule is CC(C)c1ccc(C(=O)C=CNc2ccc(F)c(Cl)c2)cc1. The number of allylic oxidation sites excluding steroid dienone is 1. The first-order chi connectivity index (χ1) is 10.5. The molecule has 1 N–H and O–H groups in total. The summed E-state index contributed by atoms with van der Waals surface area (Å²) in [6, 6.07) is 11.8. The Morgan fingerprint density at radius 3 is 2.45 bits per heavy atom. The number of hydrogen-bond acceptors (Lipinski definition) is 2. The Hall–Kier alpha value is -2.13. The maximum atomic E-state index is 13.0. The first-order valence-corrected chi connectivity index (χ1v) is 7.37. The van der Waals surface area contributed by atoms with Gasteiger partial charge < -0.3 is 5.32 Å². The van der Waals surface area contributed by atoms with Crippen LogP contribution >= 0.6 is 11.6 Å². The first kappa shape index (κ1) is 16.2. The van der Waals surface area contributed by atoms with Crippen molar-refractivity contribution in [1.29, 1.82) is 0 Å². The highest BCUT2D eigenvalue weighted by Crippen LogP contribution is 2.19. The Bertz CT molecular complexity index is 693. The topological polar surface area (TPSA) is 29.1 Å². The van der Waals surface area contributed by atoms with Gasteiger partial charge >= 0.3 is 0 Å². The van der Waals surface area contributed by atoms with Crippen molar-refractivity contribution >= 4 is 23.1 Å². The van der Waals surface area contributed by atoms with Gasteiger partial charge in [0.1, 0.15) is 5.82 Å². The van der Waals surface area contributed by atoms with E-state index in [1.165, 1.54) is 30.0 Å². The third kappa shape index (κ3) is 4.18. The molecule has 0 heterocycles. The fourth-order valence-electron chi connectivity index (χ4n) is 1.93. The number of benzene rings is 2. The van der Waals surface area contributed by atoms with Crippen LogP contribution in [0, 0.1) is 5.82 Å². The summed E-state index contributed by atoms with van der Waals surface area (Å²) in [5.74, 6) is -0.141. The summed E-state index contributed by atoms with van der Waals surface area (Å²) in [6.45, 7) is 4.21. The lowest BCUT2D eigenvalue weighted by molar-refractivity contribution is 0.104. The molecule has 0 aliphatic rings. The largest absolute Gasteiger partial charge is 0.361 e. The van der Waals surface area contributed by atoms with Gasteiger partial charge in [0.15, 0.2) is 5.78 Å². The van der Waals surface area contributed by atoms with Gasteiger partial charge in [-0.3, -0.25) is 4.79 Å². The van der Waals surface area contributed by atoms with Crippen molar-refractivity contribution in [2.24, 2.45) is 0 Å². The average molecular weight is 318 g/mol.